The van der Waals surface area contributed by atoms with E-state index >= 15 is 0 Å². The first-order valence-electron chi connectivity index (χ1n) is 9.96. The number of amides is 1. The van der Waals surface area contributed by atoms with E-state index in [1.54, 1.807) is 12.4 Å². The van der Waals surface area contributed by atoms with Crippen LogP contribution in [-0.4, -0.2) is 32.3 Å². The van der Waals surface area contributed by atoms with E-state index in [4.69, 9.17) is 4.98 Å². The fourth-order valence-corrected chi connectivity index (χ4v) is 3.57. The van der Waals surface area contributed by atoms with Crippen molar-refractivity contribution in [1.82, 2.24) is 19.9 Å². The minimum Gasteiger partial charge on any atom is -0.366 e. The Morgan fingerprint density at radius 1 is 1.07 bits per heavy atom. The fraction of sp³-hybridized carbons (Fsp3) is 0.304. The van der Waals surface area contributed by atoms with Gasteiger partial charge in [-0.05, 0) is 43.5 Å². The van der Waals surface area contributed by atoms with Gasteiger partial charge in [-0.25, -0.2) is 9.97 Å². The number of hydrogen-bond donors (Lipinski definition) is 1. The third kappa shape index (κ3) is 4.26. The van der Waals surface area contributed by atoms with Crippen molar-refractivity contribution in [1.29, 1.82) is 0 Å². The number of likely N-dealkylation sites (tertiary alicyclic amines) is 1. The molecule has 0 aliphatic carbocycles. The SMILES string of the molecule is Cc1nc(-c2cccnc2)nc(NCc2ccccc2CN2CCCC2=O)c1C. The standard InChI is InChI=1S/C23H25N5O/c1-16-17(2)26-23(19-9-5-11-24-13-19)27-22(16)25-14-18-7-3-4-8-20(18)15-28-12-6-10-21(28)29/h3-5,7-9,11,13H,6,10,12,14-15H2,1-2H3,(H,25,26,27). The monoisotopic (exact) mass is 387 g/mol. The van der Waals surface area contributed by atoms with Crippen LogP contribution < -0.4 is 5.32 Å². The second-order valence-electron chi connectivity index (χ2n) is 7.39. The van der Waals surface area contributed by atoms with Crippen molar-refractivity contribution in [3.05, 3.63) is 71.2 Å². The zero-order chi connectivity index (χ0) is 20.2. The van der Waals surface area contributed by atoms with Crippen molar-refractivity contribution in [3.63, 3.8) is 0 Å². The van der Waals surface area contributed by atoms with Crippen molar-refractivity contribution in [2.75, 3.05) is 11.9 Å². The van der Waals surface area contributed by atoms with E-state index < -0.39 is 0 Å². The molecule has 0 bridgehead atoms. The molecule has 1 aliphatic rings. The molecule has 148 valence electrons. The second-order valence-corrected chi connectivity index (χ2v) is 7.39. The van der Waals surface area contributed by atoms with Crippen LogP contribution in [0.2, 0.25) is 0 Å². The maximum absolute atomic E-state index is 12.0. The molecule has 1 amide bonds. The lowest BCUT2D eigenvalue weighted by atomic mass is 10.1. The first-order chi connectivity index (χ1) is 14.1. The summed E-state index contributed by atoms with van der Waals surface area (Å²) >= 11 is 0. The summed E-state index contributed by atoms with van der Waals surface area (Å²) in [6.45, 7) is 6.18. The van der Waals surface area contributed by atoms with E-state index in [0.717, 1.165) is 35.6 Å². The van der Waals surface area contributed by atoms with Gasteiger partial charge in [-0.2, -0.15) is 0 Å². The van der Waals surface area contributed by atoms with Crippen molar-refractivity contribution >= 4 is 11.7 Å². The molecule has 6 heteroatoms. The second kappa shape index (κ2) is 8.39. The van der Waals surface area contributed by atoms with Gasteiger partial charge in [-0.15, -0.1) is 0 Å². The lowest BCUT2D eigenvalue weighted by molar-refractivity contribution is -0.128. The van der Waals surface area contributed by atoms with E-state index in [1.807, 2.05) is 43.0 Å². The normalized spacial score (nSPS) is 13.7. The van der Waals surface area contributed by atoms with Crippen LogP contribution in [0.3, 0.4) is 0 Å². The van der Waals surface area contributed by atoms with Crippen LogP contribution >= 0.6 is 0 Å². The molecule has 1 fully saturated rings. The van der Waals surface area contributed by atoms with Crippen LogP contribution in [0.1, 0.15) is 35.2 Å². The van der Waals surface area contributed by atoms with Gasteiger partial charge in [-0.1, -0.05) is 24.3 Å². The minimum absolute atomic E-state index is 0.246. The largest absolute Gasteiger partial charge is 0.366 e. The topological polar surface area (TPSA) is 71.0 Å². The Bertz CT molecular complexity index is 1020. The number of carbonyl (C=O) groups excluding carboxylic acids is 1. The maximum atomic E-state index is 12.0. The number of nitrogens with one attached hydrogen (secondary N) is 1. The van der Waals surface area contributed by atoms with Gasteiger partial charge in [-0.3, -0.25) is 9.78 Å². The third-order valence-electron chi connectivity index (χ3n) is 5.41. The molecule has 0 saturated carbocycles. The van der Waals surface area contributed by atoms with E-state index in [2.05, 4.69) is 27.4 Å². The first kappa shape index (κ1) is 19.1. The van der Waals surface area contributed by atoms with Gasteiger partial charge in [0, 0.05) is 55.3 Å². The molecule has 4 rings (SSSR count). The van der Waals surface area contributed by atoms with E-state index in [9.17, 15) is 4.79 Å². The highest BCUT2D eigenvalue weighted by Crippen LogP contribution is 2.23. The molecule has 0 unspecified atom stereocenters. The number of nitrogens with zero attached hydrogens (tertiary/aromatic N) is 4. The highest BCUT2D eigenvalue weighted by molar-refractivity contribution is 5.78. The number of benzene rings is 1. The highest BCUT2D eigenvalue weighted by atomic mass is 16.2. The molecule has 1 aliphatic heterocycles. The summed E-state index contributed by atoms with van der Waals surface area (Å²) in [7, 11) is 0. The summed E-state index contributed by atoms with van der Waals surface area (Å²) in [5.74, 6) is 1.74. The van der Waals surface area contributed by atoms with Gasteiger partial charge >= 0.3 is 0 Å². The number of pyridine rings is 1. The first-order valence-corrected chi connectivity index (χ1v) is 9.96. The van der Waals surface area contributed by atoms with Crippen LogP contribution in [0.15, 0.2) is 48.8 Å². The van der Waals surface area contributed by atoms with Gasteiger partial charge in [0.2, 0.25) is 5.91 Å². The quantitative estimate of drug-likeness (QED) is 0.695. The molecular weight excluding hydrogens is 362 g/mol. The summed E-state index contributed by atoms with van der Waals surface area (Å²) in [6.07, 6.45) is 5.13. The molecule has 29 heavy (non-hydrogen) atoms. The van der Waals surface area contributed by atoms with Crippen LogP contribution in [-0.2, 0) is 17.9 Å². The van der Waals surface area contributed by atoms with Gasteiger partial charge in [0.1, 0.15) is 5.82 Å². The molecule has 6 nitrogen and oxygen atoms in total. The maximum Gasteiger partial charge on any atom is 0.222 e. The number of aryl methyl sites for hydroxylation is 1. The summed E-state index contributed by atoms with van der Waals surface area (Å²) in [6, 6.07) is 12.1. The van der Waals surface area contributed by atoms with Gasteiger partial charge in [0.25, 0.3) is 0 Å². The Hall–Kier alpha value is -3.28. The number of hydrogen-bond acceptors (Lipinski definition) is 5. The Kier molecular flexibility index (Phi) is 5.51. The van der Waals surface area contributed by atoms with Crippen LogP contribution in [0.25, 0.3) is 11.4 Å². The minimum atomic E-state index is 0.246. The number of anilines is 1. The van der Waals surface area contributed by atoms with E-state index in [1.165, 1.54) is 11.1 Å². The van der Waals surface area contributed by atoms with Gasteiger partial charge < -0.3 is 10.2 Å². The average molecular weight is 387 g/mol. The molecule has 1 saturated heterocycles. The number of carbonyl (C=O) groups is 1. The molecule has 0 spiro atoms. The predicted molar refractivity (Wildman–Crippen MR) is 113 cm³/mol. The van der Waals surface area contributed by atoms with Crippen molar-refractivity contribution in [2.24, 2.45) is 0 Å². The Labute approximate surface area is 171 Å². The zero-order valence-electron chi connectivity index (χ0n) is 16.9. The predicted octanol–water partition coefficient (Wildman–Crippen LogP) is 3.89. The molecule has 1 N–H and O–H groups in total. The van der Waals surface area contributed by atoms with Crippen LogP contribution in [0, 0.1) is 13.8 Å². The van der Waals surface area contributed by atoms with Gasteiger partial charge in [0.05, 0.1) is 0 Å². The smallest absolute Gasteiger partial charge is 0.222 e. The lowest BCUT2D eigenvalue weighted by Crippen LogP contribution is -2.24. The summed E-state index contributed by atoms with van der Waals surface area (Å²) in [5.41, 5.74) is 5.21. The molecule has 0 atom stereocenters. The molecule has 1 aromatic carbocycles. The van der Waals surface area contributed by atoms with Gasteiger partial charge in [0.15, 0.2) is 5.82 Å². The average Bonchev–Trinajstić information content (AvgIpc) is 3.15. The Morgan fingerprint density at radius 3 is 2.62 bits per heavy atom. The van der Waals surface area contributed by atoms with Crippen molar-refractivity contribution in [3.8, 4) is 11.4 Å². The molecule has 3 aromatic rings. The Balaban J connectivity index is 1.55. The van der Waals surface area contributed by atoms with Crippen molar-refractivity contribution < 1.29 is 4.79 Å². The summed E-state index contributed by atoms with van der Waals surface area (Å²) < 4.78 is 0. The molecular formula is C23H25N5O. The molecule has 0 radical (unpaired) electrons. The summed E-state index contributed by atoms with van der Waals surface area (Å²) in [5, 5.41) is 3.48. The van der Waals surface area contributed by atoms with E-state index in [-0.39, 0.29) is 5.91 Å². The van der Waals surface area contributed by atoms with Crippen LogP contribution in [0.5, 0.6) is 0 Å². The molecule has 2 aromatic heterocycles. The zero-order valence-corrected chi connectivity index (χ0v) is 16.9. The van der Waals surface area contributed by atoms with Crippen molar-refractivity contribution in [2.45, 2.75) is 39.8 Å². The number of rotatable bonds is 6. The molecule has 3 heterocycles. The number of aromatic nitrogens is 3. The third-order valence-corrected chi connectivity index (χ3v) is 5.41. The van der Waals surface area contributed by atoms with Crippen LogP contribution in [0.4, 0.5) is 5.82 Å². The Morgan fingerprint density at radius 2 is 1.90 bits per heavy atom. The lowest BCUT2D eigenvalue weighted by Gasteiger charge is -2.19. The highest BCUT2D eigenvalue weighted by Gasteiger charge is 2.21. The summed E-state index contributed by atoms with van der Waals surface area (Å²) in [4.78, 5) is 27.5. The fourth-order valence-electron chi connectivity index (χ4n) is 3.57. The van der Waals surface area contributed by atoms with E-state index in [0.29, 0.717) is 25.3 Å².